The monoisotopic (exact) mass is 442 g/mol. The largest absolute Gasteiger partial charge is 0.503 e. The Labute approximate surface area is 173 Å². The van der Waals surface area contributed by atoms with Gasteiger partial charge in [0.1, 0.15) is 11.5 Å². The number of aromatic nitrogens is 3. The van der Waals surface area contributed by atoms with Gasteiger partial charge in [-0.3, -0.25) is 0 Å². The summed E-state index contributed by atoms with van der Waals surface area (Å²) in [6.07, 6.45) is -1.91. The van der Waals surface area contributed by atoms with E-state index in [2.05, 4.69) is 15.0 Å². The van der Waals surface area contributed by atoms with E-state index in [1.807, 2.05) is 0 Å². The molecule has 166 valence electrons. The topological polar surface area (TPSA) is 63.4 Å². The Bertz CT molecular complexity index is 1140. The molecule has 2 aromatic heterocycles. The maximum absolute atomic E-state index is 14.5. The normalized spacial score (nSPS) is 15.8. The van der Waals surface area contributed by atoms with Crippen LogP contribution in [0.5, 0.6) is 5.75 Å². The summed E-state index contributed by atoms with van der Waals surface area (Å²) < 4.78 is 74.1. The highest BCUT2D eigenvalue weighted by Crippen LogP contribution is 2.39. The fourth-order valence-electron chi connectivity index (χ4n) is 3.80. The molecule has 6 nitrogen and oxygen atoms in total. The Balaban J connectivity index is 1.79. The molecule has 0 amide bonds. The number of aryl methyl sites for hydroxylation is 1. The van der Waals surface area contributed by atoms with Crippen LogP contribution >= 0.6 is 0 Å². The first kappa shape index (κ1) is 21.3. The van der Waals surface area contributed by atoms with Crippen LogP contribution in [0.2, 0.25) is 0 Å². The smallest absolute Gasteiger partial charge is 0.419 e. The highest BCUT2D eigenvalue weighted by Gasteiger charge is 2.38. The van der Waals surface area contributed by atoms with Crippen LogP contribution in [0.4, 0.5) is 27.8 Å². The predicted molar refractivity (Wildman–Crippen MR) is 102 cm³/mol. The van der Waals surface area contributed by atoms with Gasteiger partial charge < -0.3 is 14.7 Å². The van der Waals surface area contributed by atoms with E-state index in [1.54, 1.807) is 20.1 Å². The van der Waals surface area contributed by atoms with Gasteiger partial charge >= 0.3 is 6.18 Å². The van der Waals surface area contributed by atoms with Gasteiger partial charge in [0, 0.05) is 25.6 Å². The molecular weight excluding hydrogens is 423 g/mol. The van der Waals surface area contributed by atoms with Crippen molar-refractivity contribution in [3.05, 3.63) is 41.2 Å². The first-order chi connectivity index (χ1) is 14.6. The Morgan fingerprint density at radius 2 is 1.81 bits per heavy atom. The van der Waals surface area contributed by atoms with Crippen molar-refractivity contribution in [2.24, 2.45) is 0 Å². The van der Waals surface area contributed by atoms with Crippen LogP contribution in [0.25, 0.3) is 16.6 Å². The van der Waals surface area contributed by atoms with E-state index in [1.165, 1.54) is 6.20 Å². The lowest BCUT2D eigenvalue weighted by Crippen LogP contribution is -2.37. The van der Waals surface area contributed by atoms with E-state index in [-0.39, 0.29) is 11.6 Å². The molecule has 3 aromatic rings. The van der Waals surface area contributed by atoms with Crippen LogP contribution in [0.15, 0.2) is 18.3 Å². The number of hydrogen-bond donors (Lipinski definition) is 1. The third-order valence-corrected chi connectivity index (χ3v) is 5.53. The molecular formula is C20H19F5N4O2. The summed E-state index contributed by atoms with van der Waals surface area (Å²) >= 11 is 0. The van der Waals surface area contributed by atoms with Gasteiger partial charge in [0.2, 0.25) is 0 Å². The highest BCUT2D eigenvalue weighted by atomic mass is 19.4. The van der Waals surface area contributed by atoms with Gasteiger partial charge in [-0.2, -0.15) is 18.3 Å². The summed E-state index contributed by atoms with van der Waals surface area (Å²) in [4.78, 5) is 6.42. The summed E-state index contributed by atoms with van der Waals surface area (Å²) in [5, 5.41) is 14.3. The first-order valence-electron chi connectivity index (χ1n) is 9.53. The minimum Gasteiger partial charge on any atom is -0.503 e. The van der Waals surface area contributed by atoms with Gasteiger partial charge in [-0.15, -0.1) is 0 Å². The third kappa shape index (κ3) is 3.67. The summed E-state index contributed by atoms with van der Waals surface area (Å²) in [6, 6.07) is 2.02. The third-order valence-electron chi connectivity index (χ3n) is 5.53. The molecule has 0 radical (unpaired) electrons. The van der Waals surface area contributed by atoms with Crippen LogP contribution in [-0.2, 0) is 10.9 Å². The van der Waals surface area contributed by atoms with Gasteiger partial charge in [0.15, 0.2) is 17.4 Å². The van der Waals surface area contributed by atoms with Gasteiger partial charge in [-0.05, 0) is 31.9 Å². The number of benzene rings is 1. The number of alkyl halides is 3. The SMILES string of the molecule is COC1CCN(c2cc3c(C)nn(-c4cc(C(F)(F)F)c(F)c(O)c4F)c3cn2)CC1. The minimum absolute atomic E-state index is 0.182. The molecule has 1 aliphatic rings. The second kappa shape index (κ2) is 7.63. The van der Waals surface area contributed by atoms with E-state index >= 15 is 0 Å². The van der Waals surface area contributed by atoms with Crippen molar-refractivity contribution in [2.45, 2.75) is 32.0 Å². The van der Waals surface area contributed by atoms with Gasteiger partial charge in [-0.25, -0.2) is 18.4 Å². The second-order valence-corrected chi connectivity index (χ2v) is 7.40. The number of phenolic OH excluding ortho intramolecular Hbond substituents is 1. The molecule has 0 unspecified atom stereocenters. The number of piperidine rings is 1. The minimum atomic E-state index is -5.12. The molecule has 11 heteroatoms. The molecule has 1 aromatic carbocycles. The van der Waals surface area contributed by atoms with E-state index in [0.29, 0.717) is 23.0 Å². The van der Waals surface area contributed by atoms with E-state index in [9.17, 15) is 27.1 Å². The number of hydrogen-bond acceptors (Lipinski definition) is 5. The van der Waals surface area contributed by atoms with Crippen LogP contribution in [-0.4, -0.2) is 46.2 Å². The van der Waals surface area contributed by atoms with Gasteiger partial charge in [0.25, 0.3) is 0 Å². The molecule has 4 rings (SSSR count). The number of methoxy groups -OCH3 is 1. The Hall–Kier alpha value is -2.95. The quantitative estimate of drug-likeness (QED) is 0.612. The lowest BCUT2D eigenvalue weighted by Gasteiger charge is -2.32. The number of halogens is 5. The van der Waals surface area contributed by atoms with E-state index < -0.39 is 34.8 Å². The van der Waals surface area contributed by atoms with Crippen LogP contribution < -0.4 is 4.90 Å². The number of rotatable bonds is 3. The number of anilines is 1. The van der Waals surface area contributed by atoms with Crippen molar-refractivity contribution in [2.75, 3.05) is 25.1 Å². The number of aromatic hydroxyl groups is 1. The number of ether oxygens (including phenoxy) is 1. The van der Waals surface area contributed by atoms with Crippen molar-refractivity contribution in [1.82, 2.24) is 14.8 Å². The number of fused-ring (bicyclic) bond motifs is 1. The molecule has 0 bridgehead atoms. The van der Waals surface area contributed by atoms with Crippen molar-refractivity contribution in [3.63, 3.8) is 0 Å². The fourth-order valence-corrected chi connectivity index (χ4v) is 3.80. The van der Waals surface area contributed by atoms with Crippen molar-refractivity contribution in [3.8, 4) is 11.4 Å². The Kier molecular flexibility index (Phi) is 5.24. The number of pyridine rings is 1. The molecule has 1 fully saturated rings. The number of nitrogens with zero attached hydrogens (tertiary/aromatic N) is 4. The summed E-state index contributed by atoms with van der Waals surface area (Å²) in [5.41, 5.74) is -1.86. The molecule has 0 spiro atoms. The maximum atomic E-state index is 14.5. The standard InChI is InChI=1S/C20H19F5N4O2/c1-10-12-7-16(28-5-3-11(31-2)4-6-28)26-9-15(12)29(27-10)14-8-13(20(23,24)25)17(21)19(30)18(14)22/h7-9,11,30H,3-6H2,1-2H3. The first-order valence-corrected chi connectivity index (χ1v) is 9.53. The molecule has 1 saturated heterocycles. The Morgan fingerprint density at radius 3 is 2.42 bits per heavy atom. The molecule has 1 N–H and O–H groups in total. The number of phenols is 1. The zero-order chi connectivity index (χ0) is 22.5. The molecule has 3 heterocycles. The fraction of sp³-hybridized carbons (Fsp3) is 0.400. The van der Waals surface area contributed by atoms with Crippen molar-refractivity contribution < 1.29 is 31.8 Å². The zero-order valence-corrected chi connectivity index (χ0v) is 16.7. The average molecular weight is 442 g/mol. The molecule has 0 aliphatic carbocycles. The van der Waals surface area contributed by atoms with E-state index in [0.717, 1.165) is 30.6 Å². The lowest BCUT2D eigenvalue weighted by atomic mass is 10.1. The highest BCUT2D eigenvalue weighted by molar-refractivity contribution is 5.85. The molecule has 1 aliphatic heterocycles. The van der Waals surface area contributed by atoms with Crippen LogP contribution in [0.3, 0.4) is 0 Å². The molecule has 0 saturated carbocycles. The van der Waals surface area contributed by atoms with E-state index in [4.69, 9.17) is 4.74 Å². The van der Waals surface area contributed by atoms with Crippen molar-refractivity contribution >= 4 is 16.7 Å². The van der Waals surface area contributed by atoms with Crippen LogP contribution in [0.1, 0.15) is 24.1 Å². The van der Waals surface area contributed by atoms with Gasteiger partial charge in [-0.1, -0.05) is 0 Å². The molecule has 31 heavy (non-hydrogen) atoms. The lowest BCUT2D eigenvalue weighted by molar-refractivity contribution is -0.140. The van der Waals surface area contributed by atoms with Crippen LogP contribution in [0, 0.1) is 18.6 Å². The summed E-state index contributed by atoms with van der Waals surface area (Å²) in [7, 11) is 1.67. The van der Waals surface area contributed by atoms with Crippen molar-refractivity contribution in [1.29, 1.82) is 0 Å². The summed E-state index contributed by atoms with van der Waals surface area (Å²) in [5.74, 6) is -4.66. The average Bonchev–Trinajstić information content (AvgIpc) is 3.07. The zero-order valence-electron chi connectivity index (χ0n) is 16.7. The second-order valence-electron chi connectivity index (χ2n) is 7.40. The van der Waals surface area contributed by atoms with Gasteiger partial charge in [0.05, 0.1) is 29.1 Å². The summed E-state index contributed by atoms with van der Waals surface area (Å²) in [6.45, 7) is 3.06. The maximum Gasteiger partial charge on any atom is 0.419 e. The Morgan fingerprint density at radius 1 is 1.13 bits per heavy atom. The predicted octanol–water partition coefficient (Wildman–Crippen LogP) is 4.35. The molecule has 0 atom stereocenters.